The molecule has 7 heteroatoms. The molecule has 0 spiro atoms. The summed E-state index contributed by atoms with van der Waals surface area (Å²) in [7, 11) is 0. The second-order valence-electron chi connectivity index (χ2n) is 11.4. The Labute approximate surface area is 225 Å². The Morgan fingerprint density at radius 3 is 2.39 bits per heavy atom. The predicted molar refractivity (Wildman–Crippen MR) is 145 cm³/mol. The van der Waals surface area contributed by atoms with E-state index in [1.807, 2.05) is 40.1 Å². The highest BCUT2D eigenvalue weighted by atomic mass is 19.1. The van der Waals surface area contributed by atoms with E-state index in [-0.39, 0.29) is 24.2 Å². The maximum absolute atomic E-state index is 13.5. The minimum Gasteiger partial charge on any atom is -0.484 e. The van der Waals surface area contributed by atoms with E-state index < -0.39 is 0 Å². The zero-order valence-corrected chi connectivity index (χ0v) is 22.4. The lowest BCUT2D eigenvalue weighted by atomic mass is 9.49. The minimum absolute atomic E-state index is 0.00716. The fraction of sp³-hybridized carbons (Fsp3) is 0.484. The number of carbonyl (C=O) groups is 2. The van der Waals surface area contributed by atoms with Gasteiger partial charge in [-0.1, -0.05) is 43.7 Å². The fourth-order valence-electron chi connectivity index (χ4n) is 6.14. The molecule has 38 heavy (non-hydrogen) atoms. The van der Waals surface area contributed by atoms with Gasteiger partial charge in [0.15, 0.2) is 6.61 Å². The van der Waals surface area contributed by atoms with Crippen molar-refractivity contribution in [2.45, 2.75) is 26.7 Å². The highest BCUT2D eigenvalue weighted by Crippen LogP contribution is 2.59. The molecule has 0 radical (unpaired) electrons. The lowest BCUT2D eigenvalue weighted by molar-refractivity contribution is -0.135. The minimum atomic E-state index is -0.341. The summed E-state index contributed by atoms with van der Waals surface area (Å²) in [6.07, 6.45) is 4.64. The number of fused-ring (bicyclic) bond motifs is 1. The molecule has 6 nitrogen and oxygen atoms in total. The Morgan fingerprint density at radius 1 is 1.03 bits per heavy atom. The lowest BCUT2D eigenvalue weighted by Crippen LogP contribution is -2.52. The zero-order valence-electron chi connectivity index (χ0n) is 22.4. The van der Waals surface area contributed by atoms with Gasteiger partial charge in [-0.15, -0.1) is 0 Å². The molecular formula is C31H38FN3O3. The van der Waals surface area contributed by atoms with Gasteiger partial charge in [-0.2, -0.15) is 0 Å². The first-order valence-corrected chi connectivity index (χ1v) is 13.7. The Balaban J connectivity index is 1.16. The molecule has 2 atom stereocenters. The van der Waals surface area contributed by atoms with Crippen LogP contribution in [-0.2, 0) is 4.79 Å². The average Bonchev–Trinajstić information content (AvgIpc) is 2.94. The number of hydrogen-bond donors (Lipinski definition) is 0. The summed E-state index contributed by atoms with van der Waals surface area (Å²) < 4.78 is 19.1. The topological polar surface area (TPSA) is 53.1 Å². The van der Waals surface area contributed by atoms with Crippen LogP contribution in [0.15, 0.2) is 66.2 Å². The Morgan fingerprint density at radius 2 is 1.74 bits per heavy atom. The van der Waals surface area contributed by atoms with E-state index in [4.69, 9.17) is 4.74 Å². The molecule has 2 bridgehead atoms. The summed E-state index contributed by atoms with van der Waals surface area (Å²) in [5, 5.41) is 0. The number of allylic oxidation sites excluding steroid dienone is 1. The van der Waals surface area contributed by atoms with Gasteiger partial charge in [0.05, 0.1) is 0 Å². The number of rotatable bonds is 9. The molecule has 0 aromatic heterocycles. The maximum Gasteiger partial charge on any atom is 0.260 e. The number of para-hydroxylation sites is 1. The monoisotopic (exact) mass is 519 g/mol. The van der Waals surface area contributed by atoms with Crippen molar-refractivity contribution < 1.29 is 18.7 Å². The van der Waals surface area contributed by atoms with Gasteiger partial charge < -0.3 is 14.5 Å². The fourth-order valence-corrected chi connectivity index (χ4v) is 6.14. The number of ether oxygens (including phenoxy) is 1. The van der Waals surface area contributed by atoms with Gasteiger partial charge in [-0.05, 0) is 66.5 Å². The third-order valence-electron chi connectivity index (χ3n) is 8.85. The lowest BCUT2D eigenvalue weighted by Gasteiger charge is -2.57. The molecular weight excluding hydrogens is 481 g/mol. The molecule has 2 fully saturated rings. The molecule has 4 aliphatic rings. The third kappa shape index (κ3) is 5.78. The Kier molecular flexibility index (Phi) is 7.84. The van der Waals surface area contributed by atoms with Crippen molar-refractivity contribution in [3.8, 4) is 5.75 Å². The number of carbonyl (C=O) groups excluding carboxylic acids is 2. The van der Waals surface area contributed by atoms with Crippen LogP contribution in [0.25, 0.3) is 0 Å². The van der Waals surface area contributed by atoms with Gasteiger partial charge in [0, 0.05) is 51.4 Å². The maximum atomic E-state index is 13.5. The van der Waals surface area contributed by atoms with Crippen LogP contribution in [0.3, 0.4) is 0 Å². The largest absolute Gasteiger partial charge is 0.484 e. The van der Waals surface area contributed by atoms with Gasteiger partial charge in [-0.3, -0.25) is 14.5 Å². The molecule has 2 aromatic carbocycles. The molecule has 0 N–H and O–H groups in total. The first-order chi connectivity index (χ1) is 18.3. The van der Waals surface area contributed by atoms with Crippen molar-refractivity contribution in [3.05, 3.63) is 77.6 Å². The van der Waals surface area contributed by atoms with E-state index in [9.17, 15) is 14.0 Å². The van der Waals surface area contributed by atoms with Crippen LogP contribution in [0.2, 0.25) is 0 Å². The standard InChI is InChI=1S/C31H38FN3O3/c1-31(2)25-11-8-24(28(31)20-25)21-35(30(37)23-9-12-26(32)13-10-23)19-16-33-14-17-34(18-15-33)29(36)22-38-27-6-4-3-5-7-27/h3-10,12-13,25,28H,11,14-22H2,1-2H3. The van der Waals surface area contributed by atoms with Crippen LogP contribution in [-0.4, -0.2) is 78.9 Å². The Hall–Kier alpha value is -3.19. The number of amides is 2. The first-order valence-electron chi connectivity index (χ1n) is 13.7. The molecule has 2 unspecified atom stereocenters. The smallest absolute Gasteiger partial charge is 0.260 e. The third-order valence-corrected chi connectivity index (χ3v) is 8.85. The number of halogens is 1. The van der Waals surface area contributed by atoms with Gasteiger partial charge in [0.2, 0.25) is 0 Å². The van der Waals surface area contributed by atoms with Crippen LogP contribution in [0.5, 0.6) is 5.75 Å². The number of benzene rings is 2. The summed E-state index contributed by atoms with van der Waals surface area (Å²) >= 11 is 0. The van der Waals surface area contributed by atoms with Crippen LogP contribution >= 0.6 is 0 Å². The quantitative estimate of drug-likeness (QED) is 0.459. The van der Waals surface area contributed by atoms with Gasteiger partial charge in [0.1, 0.15) is 11.6 Å². The highest BCUT2D eigenvalue weighted by Gasteiger charge is 2.51. The summed E-state index contributed by atoms with van der Waals surface area (Å²) in [4.78, 5) is 32.2. The number of nitrogens with zero attached hydrogens (tertiary/aromatic N) is 3. The van der Waals surface area contributed by atoms with E-state index in [0.29, 0.717) is 48.8 Å². The summed E-state index contributed by atoms with van der Waals surface area (Å²) in [6, 6.07) is 15.2. The van der Waals surface area contributed by atoms with Crippen LogP contribution in [0.1, 0.15) is 37.0 Å². The average molecular weight is 520 g/mol. The molecule has 1 saturated heterocycles. The molecule has 1 saturated carbocycles. The van der Waals surface area contributed by atoms with Crippen LogP contribution < -0.4 is 4.74 Å². The van der Waals surface area contributed by atoms with E-state index in [2.05, 4.69) is 24.8 Å². The van der Waals surface area contributed by atoms with E-state index in [0.717, 1.165) is 32.0 Å². The zero-order chi connectivity index (χ0) is 26.7. The summed E-state index contributed by atoms with van der Waals surface area (Å²) in [5.41, 5.74) is 2.17. The van der Waals surface area contributed by atoms with Gasteiger partial charge >= 0.3 is 0 Å². The van der Waals surface area contributed by atoms with Gasteiger partial charge in [0.25, 0.3) is 11.8 Å². The highest BCUT2D eigenvalue weighted by molar-refractivity contribution is 5.94. The van der Waals surface area contributed by atoms with E-state index in [1.54, 1.807) is 12.1 Å². The van der Waals surface area contributed by atoms with Crippen molar-refractivity contribution in [1.82, 2.24) is 14.7 Å². The molecule has 2 amide bonds. The van der Waals surface area contributed by atoms with Crippen LogP contribution in [0.4, 0.5) is 4.39 Å². The van der Waals surface area contributed by atoms with Crippen LogP contribution in [0, 0.1) is 23.1 Å². The van der Waals surface area contributed by atoms with Gasteiger partial charge in [-0.25, -0.2) is 4.39 Å². The van der Waals surface area contributed by atoms with Crippen molar-refractivity contribution in [2.75, 3.05) is 52.4 Å². The van der Waals surface area contributed by atoms with E-state index >= 15 is 0 Å². The second kappa shape index (κ2) is 11.3. The SMILES string of the molecule is CC1(C)C2CC=C(CN(CCN3CCN(C(=O)COc4ccccc4)CC3)C(=O)c3ccc(F)cc3)C1C2. The normalized spacial score (nSPS) is 22.3. The van der Waals surface area contributed by atoms with Crippen molar-refractivity contribution in [1.29, 1.82) is 0 Å². The molecule has 202 valence electrons. The van der Waals surface area contributed by atoms with E-state index in [1.165, 1.54) is 24.1 Å². The molecule has 3 aliphatic carbocycles. The molecule has 2 aromatic rings. The predicted octanol–water partition coefficient (Wildman–Crippen LogP) is 4.48. The summed E-state index contributed by atoms with van der Waals surface area (Å²) in [6.45, 7) is 9.48. The number of piperazine rings is 1. The first kappa shape index (κ1) is 26.4. The molecule has 1 heterocycles. The summed E-state index contributed by atoms with van der Waals surface area (Å²) in [5.74, 6) is 1.56. The van der Waals surface area contributed by atoms with Crippen molar-refractivity contribution in [3.63, 3.8) is 0 Å². The van der Waals surface area contributed by atoms with Crippen molar-refractivity contribution in [2.24, 2.45) is 17.3 Å². The Bertz CT molecular complexity index is 1160. The molecule has 1 aliphatic heterocycles. The second-order valence-corrected chi connectivity index (χ2v) is 11.4. The van der Waals surface area contributed by atoms with Crippen molar-refractivity contribution >= 4 is 11.8 Å². The number of hydrogen-bond acceptors (Lipinski definition) is 4. The molecule has 6 rings (SSSR count).